The second kappa shape index (κ2) is 4.63. The second-order valence-electron chi connectivity index (χ2n) is 5.18. The maximum Gasteiger partial charge on any atom is 0.273 e. The monoisotopic (exact) mass is 274 g/mol. The summed E-state index contributed by atoms with van der Waals surface area (Å²) in [5.41, 5.74) is 1.74. The molecule has 1 N–H and O–H groups in total. The van der Waals surface area contributed by atoms with Crippen LogP contribution in [-0.4, -0.2) is 15.2 Å². The maximum atomic E-state index is 11.1. The molecular weight excluding hydrogens is 260 g/mol. The first-order chi connectivity index (χ1) is 9.56. The van der Waals surface area contributed by atoms with E-state index in [9.17, 15) is 15.2 Å². The molecule has 0 amide bonds. The van der Waals surface area contributed by atoms with Crippen molar-refractivity contribution in [2.24, 2.45) is 0 Å². The van der Waals surface area contributed by atoms with E-state index >= 15 is 0 Å². The molecule has 1 aromatic carbocycles. The van der Waals surface area contributed by atoms with Gasteiger partial charge in [-0.05, 0) is 25.3 Å². The number of hydrogen-bond acceptors (Lipinski definition) is 5. The van der Waals surface area contributed by atoms with Crippen LogP contribution < -0.4 is 0 Å². The first-order valence-electron chi connectivity index (χ1n) is 6.47. The molecule has 0 saturated heterocycles. The van der Waals surface area contributed by atoms with E-state index in [0.717, 1.165) is 18.4 Å². The minimum absolute atomic E-state index is 0.0420. The van der Waals surface area contributed by atoms with E-state index in [0.29, 0.717) is 17.0 Å². The highest BCUT2D eigenvalue weighted by Gasteiger charge is 2.32. The van der Waals surface area contributed by atoms with Crippen LogP contribution in [0.25, 0.3) is 0 Å². The Balaban J connectivity index is 1.93. The summed E-state index contributed by atoms with van der Waals surface area (Å²) in [7, 11) is 0. The molecule has 0 unspecified atom stereocenters. The van der Waals surface area contributed by atoms with Gasteiger partial charge in [-0.25, -0.2) is 0 Å². The predicted octanol–water partition coefficient (Wildman–Crippen LogP) is 3.07. The smallest absolute Gasteiger partial charge is 0.273 e. The lowest BCUT2D eigenvalue weighted by Crippen LogP contribution is -1.97. The van der Waals surface area contributed by atoms with Crippen molar-refractivity contribution in [2.45, 2.75) is 32.1 Å². The number of benzene rings is 1. The normalized spacial score (nSPS) is 14.4. The van der Waals surface area contributed by atoms with Crippen LogP contribution in [0, 0.1) is 17.0 Å². The fraction of sp³-hybridized carbons (Fsp3) is 0.357. The number of nitro groups is 1. The summed E-state index contributed by atoms with van der Waals surface area (Å²) in [6.45, 7) is 1.80. The SMILES string of the molecule is Cc1ccc(Cc2noc(C3CC3)c2O)c([N+](=O)[O-])c1. The van der Waals surface area contributed by atoms with Gasteiger partial charge in [0.15, 0.2) is 11.5 Å². The Morgan fingerprint density at radius 1 is 1.50 bits per heavy atom. The van der Waals surface area contributed by atoms with E-state index in [1.54, 1.807) is 19.1 Å². The topological polar surface area (TPSA) is 89.4 Å². The highest BCUT2D eigenvalue weighted by Crippen LogP contribution is 2.45. The van der Waals surface area contributed by atoms with Crippen LogP contribution in [0.3, 0.4) is 0 Å². The number of aryl methyl sites for hydroxylation is 1. The zero-order valence-electron chi connectivity index (χ0n) is 11.0. The summed E-state index contributed by atoms with van der Waals surface area (Å²) in [5.74, 6) is 0.807. The standard InChI is InChI=1S/C14H14N2O4/c1-8-2-3-10(12(6-8)16(18)19)7-11-13(17)14(20-15-11)9-4-5-9/h2-3,6,9,17H,4-5,7H2,1H3. The molecule has 1 aliphatic rings. The molecule has 0 bridgehead atoms. The Morgan fingerprint density at radius 2 is 2.25 bits per heavy atom. The average molecular weight is 274 g/mol. The van der Waals surface area contributed by atoms with Gasteiger partial charge >= 0.3 is 0 Å². The van der Waals surface area contributed by atoms with Crippen molar-refractivity contribution in [2.75, 3.05) is 0 Å². The molecule has 0 aliphatic heterocycles. The Labute approximate surface area is 115 Å². The van der Waals surface area contributed by atoms with Gasteiger partial charge in [0.05, 0.1) is 4.92 Å². The van der Waals surface area contributed by atoms with Crippen LogP contribution in [0.4, 0.5) is 5.69 Å². The molecular formula is C14H14N2O4. The lowest BCUT2D eigenvalue weighted by Gasteiger charge is -2.02. The summed E-state index contributed by atoms with van der Waals surface area (Å²) in [4.78, 5) is 10.7. The molecule has 20 heavy (non-hydrogen) atoms. The third-order valence-electron chi connectivity index (χ3n) is 3.50. The highest BCUT2D eigenvalue weighted by molar-refractivity contribution is 5.47. The van der Waals surface area contributed by atoms with E-state index in [1.807, 2.05) is 0 Å². The van der Waals surface area contributed by atoms with Crippen molar-refractivity contribution in [3.8, 4) is 5.75 Å². The van der Waals surface area contributed by atoms with E-state index in [-0.39, 0.29) is 23.8 Å². The molecule has 1 aromatic heterocycles. The van der Waals surface area contributed by atoms with E-state index < -0.39 is 4.92 Å². The quantitative estimate of drug-likeness (QED) is 0.683. The van der Waals surface area contributed by atoms with Gasteiger partial charge in [-0.15, -0.1) is 0 Å². The fourth-order valence-electron chi connectivity index (χ4n) is 2.24. The summed E-state index contributed by atoms with van der Waals surface area (Å²) in [6.07, 6.45) is 2.18. The molecule has 0 radical (unpaired) electrons. The molecule has 2 aromatic rings. The van der Waals surface area contributed by atoms with Crippen molar-refractivity contribution in [1.29, 1.82) is 0 Å². The molecule has 0 spiro atoms. The maximum absolute atomic E-state index is 11.1. The Kier molecular flexibility index (Phi) is 2.93. The van der Waals surface area contributed by atoms with E-state index in [2.05, 4.69) is 5.16 Å². The van der Waals surface area contributed by atoms with Crippen LogP contribution in [0.2, 0.25) is 0 Å². The number of hydrogen-bond donors (Lipinski definition) is 1. The molecule has 1 saturated carbocycles. The lowest BCUT2D eigenvalue weighted by molar-refractivity contribution is -0.385. The van der Waals surface area contributed by atoms with Gasteiger partial charge in [0.2, 0.25) is 0 Å². The van der Waals surface area contributed by atoms with Crippen LogP contribution in [0.1, 0.15) is 41.3 Å². The molecule has 104 valence electrons. The predicted molar refractivity (Wildman–Crippen MR) is 70.8 cm³/mol. The van der Waals surface area contributed by atoms with Gasteiger partial charge in [0.25, 0.3) is 5.69 Å². The average Bonchev–Trinajstić information content (AvgIpc) is 3.18. The van der Waals surface area contributed by atoms with Crippen molar-refractivity contribution in [1.82, 2.24) is 5.16 Å². The van der Waals surface area contributed by atoms with Crippen molar-refractivity contribution >= 4 is 5.69 Å². The molecule has 3 rings (SSSR count). The van der Waals surface area contributed by atoms with Crippen molar-refractivity contribution < 1.29 is 14.6 Å². The first-order valence-corrected chi connectivity index (χ1v) is 6.47. The van der Waals surface area contributed by atoms with Gasteiger partial charge in [-0.3, -0.25) is 10.1 Å². The Bertz CT molecular complexity index is 674. The Morgan fingerprint density at radius 3 is 2.90 bits per heavy atom. The zero-order valence-corrected chi connectivity index (χ0v) is 11.0. The summed E-state index contributed by atoms with van der Waals surface area (Å²) in [5, 5.41) is 25.0. The molecule has 1 heterocycles. The molecule has 1 fully saturated rings. The van der Waals surface area contributed by atoms with E-state index in [4.69, 9.17) is 4.52 Å². The van der Waals surface area contributed by atoms with Gasteiger partial charge in [0.1, 0.15) is 5.69 Å². The third kappa shape index (κ3) is 2.24. The summed E-state index contributed by atoms with van der Waals surface area (Å²) < 4.78 is 5.15. The van der Waals surface area contributed by atoms with Gasteiger partial charge in [0, 0.05) is 24.0 Å². The minimum atomic E-state index is -0.415. The zero-order chi connectivity index (χ0) is 14.3. The van der Waals surface area contributed by atoms with Crippen LogP contribution in [0.5, 0.6) is 5.75 Å². The second-order valence-corrected chi connectivity index (χ2v) is 5.18. The molecule has 6 heteroatoms. The number of aromatic nitrogens is 1. The van der Waals surface area contributed by atoms with Crippen LogP contribution in [0.15, 0.2) is 22.7 Å². The number of rotatable bonds is 4. The minimum Gasteiger partial charge on any atom is -0.503 e. The summed E-state index contributed by atoms with van der Waals surface area (Å²) >= 11 is 0. The van der Waals surface area contributed by atoms with Crippen molar-refractivity contribution in [3.63, 3.8) is 0 Å². The van der Waals surface area contributed by atoms with Crippen LogP contribution in [-0.2, 0) is 6.42 Å². The molecule has 1 aliphatic carbocycles. The lowest BCUT2D eigenvalue weighted by atomic mass is 10.0. The van der Waals surface area contributed by atoms with Gasteiger partial charge in [-0.2, -0.15) is 0 Å². The number of nitro benzene ring substituents is 1. The Hall–Kier alpha value is -2.37. The van der Waals surface area contributed by atoms with Crippen molar-refractivity contribution in [3.05, 3.63) is 50.9 Å². The summed E-state index contributed by atoms with van der Waals surface area (Å²) in [6, 6.07) is 5.02. The first kappa shape index (κ1) is 12.7. The van der Waals surface area contributed by atoms with Crippen LogP contribution >= 0.6 is 0 Å². The third-order valence-corrected chi connectivity index (χ3v) is 3.50. The number of aromatic hydroxyl groups is 1. The molecule has 0 atom stereocenters. The highest BCUT2D eigenvalue weighted by atomic mass is 16.6. The van der Waals surface area contributed by atoms with Gasteiger partial charge in [-0.1, -0.05) is 17.3 Å². The van der Waals surface area contributed by atoms with E-state index in [1.165, 1.54) is 6.07 Å². The van der Waals surface area contributed by atoms with Gasteiger partial charge < -0.3 is 9.63 Å². The molecule has 6 nitrogen and oxygen atoms in total. The fourth-order valence-corrected chi connectivity index (χ4v) is 2.24. The largest absolute Gasteiger partial charge is 0.503 e. The number of nitrogens with zero attached hydrogens (tertiary/aromatic N) is 2.